The minimum atomic E-state index is -0.194. The first kappa shape index (κ1) is 12.1. The molecule has 5 heteroatoms. The van der Waals surface area contributed by atoms with E-state index < -0.39 is 0 Å². The van der Waals surface area contributed by atoms with Gasteiger partial charge in [0.25, 0.3) is 0 Å². The van der Waals surface area contributed by atoms with Gasteiger partial charge in [-0.05, 0) is 38.9 Å². The molecule has 0 unspecified atom stereocenters. The van der Waals surface area contributed by atoms with Crippen LogP contribution >= 0.6 is 0 Å². The zero-order chi connectivity index (χ0) is 11.9. The Morgan fingerprint density at radius 3 is 2.82 bits per heavy atom. The molecule has 0 atom stereocenters. The second-order valence-corrected chi connectivity index (χ2v) is 4.39. The number of carbonyl (C=O) groups excluding carboxylic acids is 1. The van der Waals surface area contributed by atoms with Crippen molar-refractivity contribution in [2.24, 2.45) is 0 Å². The first-order valence-electron chi connectivity index (χ1n) is 6.26. The predicted molar refractivity (Wildman–Crippen MR) is 63.3 cm³/mol. The van der Waals surface area contributed by atoms with Gasteiger partial charge in [-0.1, -0.05) is 6.42 Å². The molecule has 5 nitrogen and oxygen atoms in total. The van der Waals surface area contributed by atoms with Gasteiger partial charge in [0.15, 0.2) is 0 Å². The number of rotatable bonds is 5. The fraction of sp³-hybridized carbons (Fsp3) is 0.667. The van der Waals surface area contributed by atoms with Crippen molar-refractivity contribution in [2.45, 2.75) is 32.1 Å². The average Bonchev–Trinajstić information content (AvgIpc) is 2.83. The summed E-state index contributed by atoms with van der Waals surface area (Å²) in [7, 11) is 0. The number of nitrogens with zero attached hydrogens (tertiary/aromatic N) is 3. The minimum Gasteiger partial charge on any atom is -0.336 e. The van der Waals surface area contributed by atoms with Crippen molar-refractivity contribution < 1.29 is 9.63 Å². The SMILES string of the molecule is O=C(CCCN1CCCCC1)On1ccnc1. The van der Waals surface area contributed by atoms with Crippen LogP contribution in [-0.4, -0.2) is 40.2 Å². The third-order valence-electron chi connectivity index (χ3n) is 2.99. The van der Waals surface area contributed by atoms with Crippen LogP contribution in [0, 0.1) is 0 Å². The van der Waals surface area contributed by atoms with Gasteiger partial charge < -0.3 is 9.74 Å². The van der Waals surface area contributed by atoms with Gasteiger partial charge in [-0.3, -0.25) is 0 Å². The molecule has 0 amide bonds. The van der Waals surface area contributed by atoms with Crippen LogP contribution in [0.25, 0.3) is 0 Å². The van der Waals surface area contributed by atoms with Crippen molar-refractivity contribution >= 4 is 5.97 Å². The standard InChI is InChI=1S/C12H19N3O2/c16-12(17-15-10-6-13-11-15)5-4-9-14-7-2-1-3-8-14/h6,10-11H,1-5,7-9H2. The molecule has 94 valence electrons. The summed E-state index contributed by atoms with van der Waals surface area (Å²) in [4.78, 5) is 22.7. The summed E-state index contributed by atoms with van der Waals surface area (Å²) in [6.45, 7) is 3.35. The third-order valence-corrected chi connectivity index (χ3v) is 2.99. The molecule has 1 aliphatic rings. The van der Waals surface area contributed by atoms with E-state index in [-0.39, 0.29) is 5.97 Å². The highest BCUT2D eigenvalue weighted by Crippen LogP contribution is 2.09. The lowest BCUT2D eigenvalue weighted by molar-refractivity contribution is -0.144. The van der Waals surface area contributed by atoms with Gasteiger partial charge in [0.1, 0.15) is 6.33 Å². The number of hydrogen-bond acceptors (Lipinski definition) is 4. The molecule has 0 spiro atoms. The first-order valence-corrected chi connectivity index (χ1v) is 6.26. The van der Waals surface area contributed by atoms with Crippen molar-refractivity contribution in [1.29, 1.82) is 0 Å². The van der Waals surface area contributed by atoms with Crippen molar-refractivity contribution in [3.8, 4) is 0 Å². The number of aromatic nitrogens is 2. The van der Waals surface area contributed by atoms with E-state index in [0.29, 0.717) is 6.42 Å². The van der Waals surface area contributed by atoms with E-state index in [1.807, 2.05) is 0 Å². The largest absolute Gasteiger partial charge is 0.336 e. The molecule has 17 heavy (non-hydrogen) atoms. The number of hydrogen-bond donors (Lipinski definition) is 0. The topological polar surface area (TPSA) is 47.4 Å². The fourth-order valence-corrected chi connectivity index (χ4v) is 2.09. The molecule has 0 saturated carbocycles. The zero-order valence-corrected chi connectivity index (χ0v) is 10.0. The molecular weight excluding hydrogens is 218 g/mol. The average molecular weight is 237 g/mol. The highest BCUT2D eigenvalue weighted by Gasteiger charge is 2.11. The van der Waals surface area contributed by atoms with Crippen molar-refractivity contribution in [1.82, 2.24) is 14.6 Å². The van der Waals surface area contributed by atoms with Crippen LogP contribution in [0.2, 0.25) is 0 Å². The smallest absolute Gasteiger partial charge is 0.332 e. The van der Waals surface area contributed by atoms with Crippen LogP contribution in [0.5, 0.6) is 0 Å². The summed E-state index contributed by atoms with van der Waals surface area (Å²) in [6, 6.07) is 0. The lowest BCUT2D eigenvalue weighted by Crippen LogP contribution is -2.31. The van der Waals surface area contributed by atoms with Gasteiger partial charge in [-0.25, -0.2) is 9.78 Å². The van der Waals surface area contributed by atoms with Gasteiger partial charge in [0.2, 0.25) is 0 Å². The van der Waals surface area contributed by atoms with Crippen LogP contribution in [-0.2, 0) is 4.79 Å². The Bertz CT molecular complexity index is 332. The van der Waals surface area contributed by atoms with E-state index in [1.165, 1.54) is 43.4 Å². The molecule has 1 fully saturated rings. The fourth-order valence-electron chi connectivity index (χ4n) is 2.09. The second-order valence-electron chi connectivity index (χ2n) is 4.39. The Morgan fingerprint density at radius 2 is 2.12 bits per heavy atom. The molecule has 0 bridgehead atoms. The highest BCUT2D eigenvalue weighted by molar-refractivity contribution is 5.69. The van der Waals surface area contributed by atoms with E-state index in [0.717, 1.165) is 13.0 Å². The molecule has 0 aliphatic carbocycles. The van der Waals surface area contributed by atoms with Gasteiger partial charge in [0.05, 0.1) is 6.20 Å². The predicted octanol–water partition coefficient (Wildman–Crippen LogP) is 1.10. The maximum atomic E-state index is 11.5. The lowest BCUT2D eigenvalue weighted by atomic mass is 10.1. The number of piperidine rings is 1. The van der Waals surface area contributed by atoms with E-state index >= 15 is 0 Å². The van der Waals surface area contributed by atoms with Gasteiger partial charge in [0, 0.05) is 12.6 Å². The molecule has 1 saturated heterocycles. The summed E-state index contributed by atoms with van der Waals surface area (Å²) in [5.41, 5.74) is 0. The molecule has 0 radical (unpaired) electrons. The first-order chi connectivity index (χ1) is 8.34. The quantitative estimate of drug-likeness (QED) is 0.769. The highest BCUT2D eigenvalue weighted by atomic mass is 16.7. The maximum absolute atomic E-state index is 11.5. The zero-order valence-electron chi connectivity index (χ0n) is 10.0. The number of likely N-dealkylation sites (tertiary alicyclic amines) is 1. The molecule has 1 aliphatic heterocycles. The molecule has 0 aromatic carbocycles. The third kappa shape index (κ3) is 4.19. The summed E-state index contributed by atoms with van der Waals surface area (Å²) < 4.78 is 1.34. The summed E-state index contributed by atoms with van der Waals surface area (Å²) in [5.74, 6) is -0.194. The van der Waals surface area contributed by atoms with E-state index in [1.54, 1.807) is 12.4 Å². The van der Waals surface area contributed by atoms with Gasteiger partial charge in [-0.2, -0.15) is 4.73 Å². The Morgan fingerprint density at radius 1 is 1.29 bits per heavy atom. The van der Waals surface area contributed by atoms with Gasteiger partial charge >= 0.3 is 5.97 Å². The summed E-state index contributed by atoms with van der Waals surface area (Å²) in [5, 5.41) is 0. The van der Waals surface area contributed by atoms with E-state index in [9.17, 15) is 4.79 Å². The van der Waals surface area contributed by atoms with Crippen molar-refractivity contribution in [3.63, 3.8) is 0 Å². The Hall–Kier alpha value is -1.36. The molecule has 2 heterocycles. The molecule has 2 rings (SSSR count). The van der Waals surface area contributed by atoms with Crippen molar-refractivity contribution in [3.05, 3.63) is 18.7 Å². The minimum absolute atomic E-state index is 0.194. The maximum Gasteiger partial charge on any atom is 0.332 e. The molecule has 1 aromatic rings. The van der Waals surface area contributed by atoms with Crippen molar-refractivity contribution in [2.75, 3.05) is 19.6 Å². The summed E-state index contributed by atoms with van der Waals surface area (Å²) >= 11 is 0. The molecule has 0 N–H and O–H groups in total. The van der Waals surface area contributed by atoms with E-state index in [4.69, 9.17) is 4.84 Å². The monoisotopic (exact) mass is 237 g/mol. The van der Waals surface area contributed by atoms with E-state index in [2.05, 4.69) is 9.88 Å². The Labute approximate surface area is 101 Å². The van der Waals surface area contributed by atoms with Crippen LogP contribution in [0.4, 0.5) is 0 Å². The Balaban J connectivity index is 1.59. The number of imidazole rings is 1. The molecular formula is C12H19N3O2. The Kier molecular flexibility index (Phi) is 4.55. The van der Waals surface area contributed by atoms with Crippen LogP contribution in [0.3, 0.4) is 0 Å². The van der Waals surface area contributed by atoms with Crippen LogP contribution in [0.1, 0.15) is 32.1 Å². The number of carbonyl (C=O) groups is 1. The van der Waals surface area contributed by atoms with Gasteiger partial charge in [-0.15, -0.1) is 0 Å². The van der Waals surface area contributed by atoms with Crippen LogP contribution in [0.15, 0.2) is 18.7 Å². The second kappa shape index (κ2) is 6.39. The lowest BCUT2D eigenvalue weighted by Gasteiger charge is -2.25. The van der Waals surface area contributed by atoms with Crippen LogP contribution < -0.4 is 4.84 Å². The molecule has 1 aromatic heterocycles. The normalized spacial score (nSPS) is 16.9. The summed E-state index contributed by atoms with van der Waals surface area (Å²) in [6.07, 6.45) is 9.94.